The van der Waals surface area contributed by atoms with Crippen molar-refractivity contribution in [3.8, 4) is 0 Å². The summed E-state index contributed by atoms with van der Waals surface area (Å²) in [5.74, 6) is -2.45. The van der Waals surface area contributed by atoms with E-state index in [1.807, 2.05) is 19.0 Å². The molecule has 1 fully saturated rings. The van der Waals surface area contributed by atoms with Crippen LogP contribution >= 0.6 is 23.2 Å². The topological polar surface area (TPSA) is 78.4 Å². The summed E-state index contributed by atoms with van der Waals surface area (Å²) in [5.41, 5.74) is 0.831. The number of aromatic nitrogens is 2. The Morgan fingerprint density at radius 1 is 1.14 bits per heavy atom. The standard InChI is InChI=1S/C25H27Cl2F2N5O2S/c1-33(2)25(10-7-18-19(26)5-3-6-20(18)27)9-4-12-34(15-25)17-13-21(28)24(22(29)14-17)37(35,36)32-23-8-11-30-16-31-23/h3,5-6,8,11,13-14,16H,4,7,9-10,12,15H2,1-2H3,(H,30,31,32)/t25-/m1/s1. The van der Waals surface area contributed by atoms with Crippen molar-refractivity contribution in [3.05, 3.63) is 76.2 Å². The van der Waals surface area contributed by atoms with Gasteiger partial charge in [0.15, 0.2) is 4.90 Å². The maximum Gasteiger partial charge on any atom is 0.268 e. The molecule has 3 aromatic rings. The van der Waals surface area contributed by atoms with Crippen molar-refractivity contribution in [1.82, 2.24) is 14.9 Å². The Morgan fingerprint density at radius 2 is 1.81 bits per heavy atom. The van der Waals surface area contributed by atoms with E-state index in [-0.39, 0.29) is 17.0 Å². The minimum Gasteiger partial charge on any atom is -0.370 e. The number of hydrogen-bond donors (Lipinski definition) is 1. The zero-order valence-electron chi connectivity index (χ0n) is 20.4. The van der Waals surface area contributed by atoms with Crippen LogP contribution in [0.3, 0.4) is 0 Å². The Labute approximate surface area is 225 Å². The van der Waals surface area contributed by atoms with Crippen molar-refractivity contribution >= 4 is 44.7 Å². The van der Waals surface area contributed by atoms with Gasteiger partial charge in [0.1, 0.15) is 23.8 Å². The Kier molecular flexibility index (Phi) is 8.23. The number of nitrogens with one attached hydrogen (secondary N) is 1. The van der Waals surface area contributed by atoms with Crippen LogP contribution in [0.1, 0.15) is 24.8 Å². The van der Waals surface area contributed by atoms with Crippen molar-refractivity contribution in [1.29, 1.82) is 0 Å². The molecular weight excluding hydrogens is 543 g/mol. The molecule has 1 aromatic heterocycles. The van der Waals surface area contributed by atoms with Gasteiger partial charge in [0.2, 0.25) is 0 Å². The summed E-state index contributed by atoms with van der Waals surface area (Å²) in [6.45, 7) is 1.07. The largest absolute Gasteiger partial charge is 0.370 e. The zero-order chi connectivity index (χ0) is 26.8. The van der Waals surface area contributed by atoms with Crippen molar-refractivity contribution < 1.29 is 17.2 Å². The predicted molar refractivity (Wildman–Crippen MR) is 142 cm³/mol. The summed E-state index contributed by atoms with van der Waals surface area (Å²) in [7, 11) is -0.589. The molecule has 2 aromatic carbocycles. The number of nitrogens with zero attached hydrogens (tertiary/aromatic N) is 4. The van der Waals surface area contributed by atoms with Crippen LogP contribution in [0.4, 0.5) is 20.3 Å². The second kappa shape index (κ2) is 11.1. The third kappa shape index (κ3) is 5.98. The van der Waals surface area contributed by atoms with E-state index in [0.29, 0.717) is 29.6 Å². The van der Waals surface area contributed by atoms with Gasteiger partial charge in [-0.25, -0.2) is 27.2 Å². The van der Waals surface area contributed by atoms with Gasteiger partial charge in [0.25, 0.3) is 10.0 Å². The number of anilines is 2. The highest BCUT2D eigenvalue weighted by Crippen LogP contribution is 2.36. The molecule has 0 spiro atoms. The molecule has 4 rings (SSSR count). The third-order valence-corrected chi connectivity index (χ3v) is 8.96. The van der Waals surface area contributed by atoms with E-state index in [0.717, 1.165) is 43.3 Å². The second-order valence-corrected chi connectivity index (χ2v) is 11.7. The molecule has 37 heavy (non-hydrogen) atoms. The summed E-state index contributed by atoms with van der Waals surface area (Å²) in [6.07, 6.45) is 5.46. The highest BCUT2D eigenvalue weighted by molar-refractivity contribution is 7.92. The smallest absolute Gasteiger partial charge is 0.268 e. The molecule has 0 saturated carbocycles. The van der Waals surface area contributed by atoms with Crippen molar-refractivity contribution in [2.24, 2.45) is 0 Å². The average Bonchev–Trinajstić information content (AvgIpc) is 2.83. The summed E-state index contributed by atoms with van der Waals surface area (Å²) in [6, 6.07) is 8.82. The molecule has 0 amide bonds. The maximum absolute atomic E-state index is 15.1. The van der Waals surface area contributed by atoms with E-state index in [2.05, 4.69) is 19.6 Å². The fraction of sp³-hybridized carbons (Fsp3) is 0.360. The Morgan fingerprint density at radius 3 is 2.41 bits per heavy atom. The Hall–Kier alpha value is -2.53. The van der Waals surface area contributed by atoms with Gasteiger partial charge in [-0.2, -0.15) is 0 Å². The Bertz CT molecular complexity index is 1340. The summed E-state index contributed by atoms with van der Waals surface area (Å²) < 4.78 is 57.7. The SMILES string of the molecule is CN(C)[C@@]1(CCc2c(Cl)cccc2Cl)CCCN(c2cc(F)c(S(=O)(=O)Nc3ccncn3)c(F)c2)C1. The first kappa shape index (κ1) is 27.5. The minimum atomic E-state index is -4.55. The molecule has 0 radical (unpaired) electrons. The number of sulfonamides is 1. The lowest BCUT2D eigenvalue weighted by Gasteiger charge is -2.48. The minimum absolute atomic E-state index is 0.0942. The molecule has 1 N–H and O–H groups in total. The van der Waals surface area contributed by atoms with E-state index in [1.54, 1.807) is 18.2 Å². The predicted octanol–water partition coefficient (Wildman–Crippen LogP) is 5.40. The lowest BCUT2D eigenvalue weighted by Crippen LogP contribution is -2.56. The number of likely N-dealkylation sites (N-methyl/N-ethyl adjacent to an activating group) is 1. The second-order valence-electron chi connectivity index (χ2n) is 9.28. The number of rotatable bonds is 8. The zero-order valence-corrected chi connectivity index (χ0v) is 22.7. The van der Waals surface area contributed by atoms with Crippen LogP contribution in [-0.4, -0.2) is 56.0 Å². The molecule has 0 bridgehead atoms. The average molecular weight is 570 g/mol. The van der Waals surface area contributed by atoms with Crippen LogP contribution in [0.15, 0.2) is 53.8 Å². The van der Waals surface area contributed by atoms with E-state index >= 15 is 8.78 Å². The summed E-state index contributed by atoms with van der Waals surface area (Å²) in [5, 5.41) is 1.20. The molecule has 12 heteroatoms. The fourth-order valence-electron chi connectivity index (χ4n) is 4.78. The first-order chi connectivity index (χ1) is 17.5. The summed E-state index contributed by atoms with van der Waals surface area (Å²) >= 11 is 12.8. The number of piperidine rings is 1. The first-order valence-corrected chi connectivity index (χ1v) is 13.9. The number of hydrogen-bond acceptors (Lipinski definition) is 6. The van der Waals surface area contributed by atoms with Crippen molar-refractivity contribution in [2.75, 3.05) is 36.8 Å². The highest BCUT2D eigenvalue weighted by atomic mass is 35.5. The van der Waals surface area contributed by atoms with Gasteiger partial charge in [-0.05, 0) is 75.7 Å². The van der Waals surface area contributed by atoms with Gasteiger partial charge < -0.3 is 9.80 Å². The molecule has 198 valence electrons. The van der Waals surface area contributed by atoms with Gasteiger partial charge in [-0.1, -0.05) is 29.3 Å². The molecule has 1 aliphatic rings. The van der Waals surface area contributed by atoms with E-state index in [4.69, 9.17) is 23.2 Å². The van der Waals surface area contributed by atoms with E-state index < -0.39 is 26.6 Å². The fourth-order valence-corrected chi connectivity index (χ4v) is 6.50. The molecule has 1 aliphatic heterocycles. The van der Waals surface area contributed by atoms with E-state index in [9.17, 15) is 8.42 Å². The molecule has 0 unspecified atom stereocenters. The van der Waals surface area contributed by atoms with Crippen molar-refractivity contribution in [3.63, 3.8) is 0 Å². The van der Waals surface area contributed by atoms with Crippen LogP contribution in [0, 0.1) is 11.6 Å². The highest BCUT2D eigenvalue weighted by Gasteiger charge is 2.38. The molecule has 7 nitrogen and oxygen atoms in total. The van der Waals surface area contributed by atoms with Gasteiger partial charge >= 0.3 is 0 Å². The monoisotopic (exact) mass is 569 g/mol. The van der Waals surface area contributed by atoms with Crippen LogP contribution in [0.2, 0.25) is 10.0 Å². The number of halogens is 4. The molecular formula is C25H27Cl2F2N5O2S. The van der Waals surface area contributed by atoms with Crippen LogP contribution in [0.5, 0.6) is 0 Å². The van der Waals surface area contributed by atoms with Crippen LogP contribution < -0.4 is 9.62 Å². The van der Waals surface area contributed by atoms with Gasteiger partial charge in [0, 0.05) is 40.6 Å². The van der Waals surface area contributed by atoms with E-state index in [1.165, 1.54) is 12.3 Å². The maximum atomic E-state index is 15.1. The quantitative estimate of drug-likeness (QED) is 0.391. The van der Waals surface area contributed by atoms with Crippen LogP contribution in [-0.2, 0) is 16.4 Å². The van der Waals surface area contributed by atoms with Gasteiger partial charge in [-0.3, -0.25) is 4.72 Å². The third-order valence-electron chi connectivity index (χ3n) is 6.84. The van der Waals surface area contributed by atoms with Gasteiger partial charge in [0.05, 0.1) is 0 Å². The lowest BCUT2D eigenvalue weighted by atomic mass is 9.82. The molecule has 1 saturated heterocycles. The first-order valence-electron chi connectivity index (χ1n) is 11.7. The molecule has 2 heterocycles. The molecule has 0 aliphatic carbocycles. The molecule has 1 atom stereocenters. The normalized spacial score (nSPS) is 18.3. The van der Waals surface area contributed by atoms with Gasteiger partial charge in [-0.15, -0.1) is 0 Å². The Balaban J connectivity index is 1.59. The van der Waals surface area contributed by atoms with Crippen LogP contribution in [0.25, 0.3) is 0 Å². The number of benzene rings is 2. The lowest BCUT2D eigenvalue weighted by molar-refractivity contribution is 0.116. The summed E-state index contributed by atoms with van der Waals surface area (Å²) in [4.78, 5) is 10.4. The van der Waals surface area contributed by atoms with Crippen molar-refractivity contribution in [2.45, 2.75) is 36.1 Å².